The van der Waals surface area contributed by atoms with Crippen molar-refractivity contribution in [2.24, 2.45) is 5.14 Å². The zero-order valence-corrected chi connectivity index (χ0v) is 16.9. The molecule has 1 fully saturated rings. The minimum Gasteiger partial charge on any atom is -0.355 e. The fraction of sp³-hybridized carbons (Fsp3) is 0.353. The molecule has 156 valence electrons. The first kappa shape index (κ1) is 21.3. The Balaban J connectivity index is 1.93. The summed E-state index contributed by atoms with van der Waals surface area (Å²) >= 11 is 6.03. The highest BCUT2D eigenvalue weighted by Gasteiger charge is 2.36. The lowest BCUT2D eigenvalue weighted by Gasteiger charge is -2.33. The topological polar surface area (TPSA) is 118 Å². The number of hydrogen-bond donors (Lipinski definition) is 2. The highest BCUT2D eigenvalue weighted by molar-refractivity contribution is 7.89. The van der Waals surface area contributed by atoms with E-state index >= 15 is 0 Å². The molecule has 29 heavy (non-hydrogen) atoms. The van der Waals surface area contributed by atoms with E-state index in [1.165, 1.54) is 18.3 Å². The third kappa shape index (κ3) is 4.98. The van der Waals surface area contributed by atoms with Gasteiger partial charge in [-0.25, -0.2) is 32.3 Å². The molecule has 3 heterocycles. The average molecular weight is 446 g/mol. The van der Waals surface area contributed by atoms with Gasteiger partial charge in [-0.3, -0.25) is 4.79 Å². The van der Waals surface area contributed by atoms with Crippen LogP contribution in [0.5, 0.6) is 0 Å². The maximum Gasteiger partial charge on any atom is 0.259 e. The number of carbonyl (C=O) groups excluding carboxylic acids is 1. The van der Waals surface area contributed by atoms with Crippen LogP contribution in [0.4, 0.5) is 20.3 Å². The molecule has 1 aliphatic rings. The number of aromatic nitrogens is 2. The molecule has 0 saturated carbocycles. The second-order valence-electron chi connectivity index (χ2n) is 6.69. The Morgan fingerprint density at radius 2 is 1.97 bits per heavy atom. The molecular formula is C17H18ClF2N5O3S. The van der Waals surface area contributed by atoms with Gasteiger partial charge in [0.15, 0.2) is 5.03 Å². The van der Waals surface area contributed by atoms with Crippen molar-refractivity contribution in [2.45, 2.75) is 30.7 Å². The largest absolute Gasteiger partial charge is 0.355 e. The van der Waals surface area contributed by atoms with Gasteiger partial charge in [-0.1, -0.05) is 11.6 Å². The van der Waals surface area contributed by atoms with Gasteiger partial charge in [-0.15, -0.1) is 0 Å². The minimum absolute atomic E-state index is 0.0187. The standard InChI is InChI=1S/C17H18ClF2N5O3S/c1-10-8-12(18)24-15(25-6-3-17(19,20)4-7-25)14(10)16(26)23-11-2-5-22-13(9-11)29(21,27)28/h2,5,8-9H,3-4,6-7H2,1H3,(H2,21,27,28)(H,22,23,26). The lowest BCUT2D eigenvalue weighted by atomic mass is 10.0. The second-order valence-corrected chi connectivity index (χ2v) is 8.58. The van der Waals surface area contributed by atoms with Crippen molar-refractivity contribution < 1.29 is 22.0 Å². The number of anilines is 2. The third-order valence-corrected chi connectivity index (χ3v) is 5.47. The van der Waals surface area contributed by atoms with Crippen LogP contribution in [0.3, 0.4) is 0 Å². The smallest absolute Gasteiger partial charge is 0.259 e. The fourth-order valence-corrected chi connectivity index (χ4v) is 3.75. The summed E-state index contributed by atoms with van der Waals surface area (Å²) in [6, 6.07) is 4.00. The predicted molar refractivity (Wildman–Crippen MR) is 104 cm³/mol. The first-order chi connectivity index (χ1) is 13.5. The van der Waals surface area contributed by atoms with E-state index in [1.807, 2.05) is 0 Å². The molecule has 12 heteroatoms. The highest BCUT2D eigenvalue weighted by atomic mass is 35.5. The van der Waals surface area contributed by atoms with Crippen LogP contribution in [0.15, 0.2) is 29.4 Å². The zero-order chi connectivity index (χ0) is 21.4. The molecule has 3 N–H and O–H groups in total. The van der Waals surface area contributed by atoms with Crippen molar-refractivity contribution in [3.8, 4) is 0 Å². The van der Waals surface area contributed by atoms with Crippen molar-refractivity contribution in [1.82, 2.24) is 9.97 Å². The first-order valence-corrected chi connectivity index (χ1v) is 10.5. The number of rotatable bonds is 4. The summed E-state index contributed by atoms with van der Waals surface area (Å²) in [7, 11) is -4.05. The number of amides is 1. The van der Waals surface area contributed by atoms with E-state index in [-0.39, 0.29) is 48.2 Å². The van der Waals surface area contributed by atoms with Gasteiger partial charge >= 0.3 is 0 Å². The summed E-state index contributed by atoms with van der Waals surface area (Å²) in [5, 5.41) is 7.35. The zero-order valence-electron chi connectivity index (χ0n) is 15.3. The molecule has 1 saturated heterocycles. The number of pyridine rings is 2. The third-order valence-electron chi connectivity index (χ3n) is 4.47. The van der Waals surface area contributed by atoms with Crippen molar-refractivity contribution >= 4 is 39.0 Å². The van der Waals surface area contributed by atoms with Crippen molar-refractivity contribution in [3.63, 3.8) is 0 Å². The van der Waals surface area contributed by atoms with Gasteiger partial charge < -0.3 is 10.2 Å². The number of sulfonamides is 1. The number of nitrogens with one attached hydrogen (secondary N) is 1. The number of halogens is 3. The van der Waals surface area contributed by atoms with Crippen LogP contribution in [0.2, 0.25) is 5.15 Å². The van der Waals surface area contributed by atoms with Crippen LogP contribution in [-0.4, -0.2) is 43.3 Å². The van der Waals surface area contributed by atoms with Crippen LogP contribution in [-0.2, 0) is 10.0 Å². The molecule has 1 amide bonds. The molecule has 0 aromatic carbocycles. The normalized spacial score (nSPS) is 16.5. The van der Waals surface area contributed by atoms with Gasteiger partial charge in [0.05, 0.1) is 5.56 Å². The molecule has 0 atom stereocenters. The van der Waals surface area contributed by atoms with Gasteiger partial charge in [0.2, 0.25) is 0 Å². The predicted octanol–water partition coefficient (Wildman–Crippen LogP) is 2.57. The monoisotopic (exact) mass is 445 g/mol. The second kappa shape index (κ2) is 7.81. The maximum atomic E-state index is 13.5. The van der Waals surface area contributed by atoms with Gasteiger partial charge in [0, 0.05) is 43.9 Å². The summed E-state index contributed by atoms with van der Waals surface area (Å²) in [5.41, 5.74) is 0.809. The maximum absolute atomic E-state index is 13.5. The molecule has 0 bridgehead atoms. The number of aryl methyl sites for hydroxylation is 1. The average Bonchev–Trinajstić information content (AvgIpc) is 2.60. The van der Waals surface area contributed by atoms with E-state index in [0.29, 0.717) is 5.56 Å². The van der Waals surface area contributed by atoms with Crippen LogP contribution in [0.25, 0.3) is 0 Å². The Bertz CT molecular complexity index is 1060. The van der Waals surface area contributed by atoms with Crippen LogP contribution < -0.4 is 15.4 Å². The number of nitrogens with zero attached hydrogens (tertiary/aromatic N) is 3. The molecule has 1 aliphatic heterocycles. The number of carbonyl (C=O) groups is 1. The van der Waals surface area contributed by atoms with Gasteiger partial charge in [0.25, 0.3) is 21.9 Å². The molecule has 2 aromatic heterocycles. The summed E-state index contributed by atoms with van der Waals surface area (Å²) in [6.45, 7) is 1.68. The van der Waals surface area contributed by atoms with Gasteiger partial charge in [0.1, 0.15) is 11.0 Å². The Morgan fingerprint density at radius 3 is 2.59 bits per heavy atom. The molecular weight excluding hydrogens is 428 g/mol. The number of piperidine rings is 1. The van der Waals surface area contributed by atoms with E-state index < -0.39 is 26.9 Å². The van der Waals surface area contributed by atoms with Crippen molar-refractivity contribution in [3.05, 3.63) is 40.7 Å². The van der Waals surface area contributed by atoms with Crippen LogP contribution in [0, 0.1) is 6.92 Å². The van der Waals surface area contributed by atoms with E-state index in [0.717, 1.165) is 6.07 Å². The van der Waals surface area contributed by atoms with E-state index in [2.05, 4.69) is 15.3 Å². The number of primary sulfonamides is 1. The summed E-state index contributed by atoms with van der Waals surface area (Å²) in [5.74, 6) is -3.15. The highest BCUT2D eigenvalue weighted by Crippen LogP contribution is 2.33. The Hall–Kier alpha value is -2.37. The lowest BCUT2D eigenvalue weighted by Crippen LogP contribution is -2.40. The van der Waals surface area contributed by atoms with E-state index in [4.69, 9.17) is 16.7 Å². The summed E-state index contributed by atoms with van der Waals surface area (Å²) < 4.78 is 49.9. The van der Waals surface area contributed by atoms with Gasteiger partial charge in [-0.2, -0.15) is 0 Å². The SMILES string of the molecule is Cc1cc(Cl)nc(N2CCC(F)(F)CC2)c1C(=O)Nc1ccnc(S(N)(=O)=O)c1. The molecule has 3 rings (SSSR count). The lowest BCUT2D eigenvalue weighted by molar-refractivity contribution is -0.0221. The molecule has 8 nitrogen and oxygen atoms in total. The fourth-order valence-electron chi connectivity index (χ4n) is 3.01. The van der Waals surface area contributed by atoms with E-state index in [1.54, 1.807) is 11.8 Å². The Labute approximate surface area is 171 Å². The molecule has 0 spiro atoms. The Kier molecular flexibility index (Phi) is 5.74. The molecule has 2 aromatic rings. The summed E-state index contributed by atoms with van der Waals surface area (Å²) in [6.07, 6.45) is 0.475. The quantitative estimate of drug-likeness (QED) is 0.698. The minimum atomic E-state index is -4.05. The van der Waals surface area contributed by atoms with E-state index in [9.17, 15) is 22.0 Å². The van der Waals surface area contributed by atoms with Crippen LogP contribution in [0.1, 0.15) is 28.8 Å². The number of alkyl halides is 2. The molecule has 0 aliphatic carbocycles. The van der Waals surface area contributed by atoms with Crippen LogP contribution >= 0.6 is 11.6 Å². The molecule has 0 radical (unpaired) electrons. The van der Waals surface area contributed by atoms with Gasteiger partial charge in [-0.05, 0) is 24.6 Å². The Morgan fingerprint density at radius 1 is 1.31 bits per heavy atom. The number of nitrogens with two attached hydrogens (primary N) is 1. The summed E-state index contributed by atoms with van der Waals surface area (Å²) in [4.78, 5) is 22.4. The first-order valence-electron chi connectivity index (χ1n) is 8.56. The number of hydrogen-bond acceptors (Lipinski definition) is 6. The van der Waals surface area contributed by atoms with Crippen molar-refractivity contribution in [2.75, 3.05) is 23.3 Å². The molecule has 0 unspecified atom stereocenters. The van der Waals surface area contributed by atoms with Crippen molar-refractivity contribution in [1.29, 1.82) is 0 Å².